The van der Waals surface area contributed by atoms with Gasteiger partial charge in [0.1, 0.15) is 17.3 Å². The molecule has 0 saturated carbocycles. The highest BCUT2D eigenvalue weighted by Crippen LogP contribution is 2.22. The summed E-state index contributed by atoms with van der Waals surface area (Å²) in [5, 5.41) is 0.515. The van der Waals surface area contributed by atoms with Crippen molar-refractivity contribution in [1.82, 2.24) is 14.9 Å². The number of rotatable bonds is 4. The van der Waals surface area contributed by atoms with Crippen molar-refractivity contribution in [3.8, 4) is 0 Å². The van der Waals surface area contributed by atoms with Gasteiger partial charge in [-0.05, 0) is 19.5 Å². The van der Waals surface area contributed by atoms with Crippen LogP contribution in [0.5, 0.6) is 0 Å². The fourth-order valence-corrected chi connectivity index (χ4v) is 2.63. The van der Waals surface area contributed by atoms with Gasteiger partial charge in [-0.2, -0.15) is 0 Å². The van der Waals surface area contributed by atoms with Crippen molar-refractivity contribution in [2.24, 2.45) is 0 Å². The maximum Gasteiger partial charge on any atom is 0.134 e. The lowest BCUT2D eigenvalue weighted by Gasteiger charge is -2.26. The van der Waals surface area contributed by atoms with Gasteiger partial charge in [0, 0.05) is 25.2 Å². The zero-order valence-corrected chi connectivity index (χ0v) is 11.2. The monoisotopic (exact) mass is 254 g/mol. The highest BCUT2D eigenvalue weighted by atomic mass is 35.5. The number of anilines is 1. The van der Waals surface area contributed by atoms with Crippen molar-refractivity contribution < 1.29 is 0 Å². The standard InChI is InChI=1S/C12H19ClN4/c1-3-16(4-2)10-5-6-17(8-10)12-7-11(13)14-9-15-12/h7,9-10H,3-6,8H2,1-2H3. The van der Waals surface area contributed by atoms with Gasteiger partial charge in [0.05, 0.1) is 0 Å². The van der Waals surface area contributed by atoms with Gasteiger partial charge >= 0.3 is 0 Å². The van der Waals surface area contributed by atoms with Crippen molar-refractivity contribution in [2.45, 2.75) is 26.3 Å². The third-order valence-corrected chi connectivity index (χ3v) is 3.64. The molecule has 1 atom stereocenters. The molecule has 1 saturated heterocycles. The van der Waals surface area contributed by atoms with Gasteiger partial charge in [0.25, 0.3) is 0 Å². The largest absolute Gasteiger partial charge is 0.355 e. The Balaban J connectivity index is 2.02. The average molecular weight is 255 g/mol. The smallest absolute Gasteiger partial charge is 0.134 e. The minimum absolute atomic E-state index is 0.515. The van der Waals surface area contributed by atoms with Gasteiger partial charge in [0.2, 0.25) is 0 Å². The van der Waals surface area contributed by atoms with E-state index in [2.05, 4.69) is 33.6 Å². The summed E-state index contributed by atoms with van der Waals surface area (Å²) in [6.07, 6.45) is 2.73. The molecule has 1 aromatic heterocycles. The van der Waals surface area contributed by atoms with Crippen molar-refractivity contribution in [1.29, 1.82) is 0 Å². The third kappa shape index (κ3) is 2.87. The summed E-state index contributed by atoms with van der Waals surface area (Å²) in [5.41, 5.74) is 0. The van der Waals surface area contributed by atoms with Gasteiger partial charge in [-0.1, -0.05) is 25.4 Å². The lowest BCUT2D eigenvalue weighted by Crippen LogP contribution is -2.37. The molecule has 0 bridgehead atoms. The average Bonchev–Trinajstić information content (AvgIpc) is 2.80. The van der Waals surface area contributed by atoms with Crippen LogP contribution in [0.4, 0.5) is 5.82 Å². The Morgan fingerprint density at radius 1 is 1.41 bits per heavy atom. The molecule has 0 radical (unpaired) electrons. The molecule has 5 heteroatoms. The summed E-state index contributed by atoms with van der Waals surface area (Å²) in [5.74, 6) is 0.944. The number of nitrogens with zero attached hydrogens (tertiary/aromatic N) is 4. The van der Waals surface area contributed by atoms with Gasteiger partial charge in [-0.3, -0.25) is 4.90 Å². The predicted molar refractivity (Wildman–Crippen MR) is 70.6 cm³/mol. The number of likely N-dealkylation sites (N-methyl/N-ethyl adjacent to an activating group) is 1. The highest BCUT2D eigenvalue weighted by molar-refractivity contribution is 6.29. The van der Waals surface area contributed by atoms with Crippen LogP contribution in [-0.2, 0) is 0 Å². The molecule has 0 amide bonds. The molecule has 0 N–H and O–H groups in total. The maximum absolute atomic E-state index is 5.89. The summed E-state index contributed by atoms with van der Waals surface area (Å²) in [6, 6.07) is 2.48. The molecular weight excluding hydrogens is 236 g/mol. The fraction of sp³-hybridized carbons (Fsp3) is 0.667. The first kappa shape index (κ1) is 12.6. The number of hydrogen-bond acceptors (Lipinski definition) is 4. The van der Waals surface area contributed by atoms with E-state index >= 15 is 0 Å². The van der Waals surface area contributed by atoms with Crippen molar-refractivity contribution in [3.63, 3.8) is 0 Å². The molecule has 1 fully saturated rings. The first-order chi connectivity index (χ1) is 8.24. The second kappa shape index (κ2) is 5.65. The minimum Gasteiger partial charge on any atom is -0.355 e. The summed E-state index contributed by atoms with van der Waals surface area (Å²) in [6.45, 7) is 8.74. The van der Waals surface area contributed by atoms with Crippen molar-refractivity contribution in [3.05, 3.63) is 17.5 Å². The Labute approximate surface area is 108 Å². The second-order valence-electron chi connectivity index (χ2n) is 4.31. The zero-order valence-electron chi connectivity index (χ0n) is 10.4. The normalized spacial score (nSPS) is 20.2. The van der Waals surface area contributed by atoms with Crippen LogP contribution < -0.4 is 4.90 Å². The van der Waals surface area contributed by atoms with Crippen molar-refractivity contribution >= 4 is 17.4 Å². The molecule has 2 rings (SSSR count). The van der Waals surface area contributed by atoms with E-state index in [9.17, 15) is 0 Å². The Morgan fingerprint density at radius 3 is 2.82 bits per heavy atom. The molecule has 0 aliphatic carbocycles. The van der Waals surface area contributed by atoms with E-state index in [1.54, 1.807) is 0 Å². The molecule has 94 valence electrons. The van der Waals surface area contributed by atoms with Crippen LogP contribution >= 0.6 is 11.6 Å². The Morgan fingerprint density at radius 2 is 2.18 bits per heavy atom. The minimum atomic E-state index is 0.515. The van der Waals surface area contributed by atoms with Gasteiger partial charge in [-0.15, -0.1) is 0 Å². The van der Waals surface area contributed by atoms with E-state index in [0.29, 0.717) is 11.2 Å². The molecule has 1 aliphatic rings. The number of halogens is 1. The zero-order chi connectivity index (χ0) is 12.3. The fourth-order valence-electron chi connectivity index (χ4n) is 2.49. The van der Waals surface area contributed by atoms with Crippen LogP contribution in [0.1, 0.15) is 20.3 Å². The van der Waals surface area contributed by atoms with E-state index in [1.165, 1.54) is 12.7 Å². The predicted octanol–water partition coefficient (Wildman–Crippen LogP) is 2.05. The molecule has 0 spiro atoms. The topological polar surface area (TPSA) is 32.3 Å². The molecule has 4 nitrogen and oxygen atoms in total. The summed E-state index contributed by atoms with van der Waals surface area (Å²) in [4.78, 5) is 13.0. The van der Waals surface area contributed by atoms with E-state index in [-0.39, 0.29) is 0 Å². The van der Waals surface area contributed by atoms with Crippen LogP contribution in [0, 0.1) is 0 Å². The van der Waals surface area contributed by atoms with Crippen LogP contribution in [0.2, 0.25) is 5.15 Å². The Hall–Kier alpha value is -0.870. The first-order valence-corrected chi connectivity index (χ1v) is 6.59. The van der Waals surface area contributed by atoms with Gasteiger partial charge in [0.15, 0.2) is 0 Å². The molecule has 2 heterocycles. The molecule has 0 aromatic carbocycles. The van der Waals surface area contributed by atoms with Crippen molar-refractivity contribution in [2.75, 3.05) is 31.1 Å². The summed E-state index contributed by atoms with van der Waals surface area (Å²) >= 11 is 5.89. The summed E-state index contributed by atoms with van der Waals surface area (Å²) in [7, 11) is 0. The molecule has 17 heavy (non-hydrogen) atoms. The van der Waals surface area contributed by atoms with Gasteiger partial charge < -0.3 is 4.90 Å². The van der Waals surface area contributed by atoms with Gasteiger partial charge in [-0.25, -0.2) is 9.97 Å². The highest BCUT2D eigenvalue weighted by Gasteiger charge is 2.26. The first-order valence-electron chi connectivity index (χ1n) is 6.21. The lowest BCUT2D eigenvalue weighted by atomic mass is 10.2. The molecule has 1 aliphatic heterocycles. The SMILES string of the molecule is CCN(CC)C1CCN(c2cc(Cl)ncn2)C1. The van der Waals surface area contributed by atoms with Crippen LogP contribution in [0.3, 0.4) is 0 Å². The molecular formula is C12H19ClN4. The molecule has 1 unspecified atom stereocenters. The van der Waals surface area contributed by atoms with Crippen LogP contribution in [0.15, 0.2) is 12.4 Å². The lowest BCUT2D eigenvalue weighted by molar-refractivity contribution is 0.232. The third-order valence-electron chi connectivity index (χ3n) is 3.44. The Kier molecular flexibility index (Phi) is 4.18. The second-order valence-corrected chi connectivity index (χ2v) is 4.70. The number of hydrogen-bond donors (Lipinski definition) is 0. The Bertz CT molecular complexity index is 367. The van der Waals surface area contributed by atoms with Crippen LogP contribution in [-0.4, -0.2) is 47.1 Å². The maximum atomic E-state index is 5.89. The quantitative estimate of drug-likeness (QED) is 0.770. The van der Waals surface area contributed by atoms with E-state index in [0.717, 1.165) is 32.0 Å². The van der Waals surface area contributed by atoms with Crippen LogP contribution in [0.25, 0.3) is 0 Å². The van der Waals surface area contributed by atoms with E-state index in [4.69, 9.17) is 11.6 Å². The van der Waals surface area contributed by atoms with E-state index in [1.807, 2.05) is 6.07 Å². The van der Waals surface area contributed by atoms with E-state index < -0.39 is 0 Å². The number of aromatic nitrogens is 2. The summed E-state index contributed by atoms with van der Waals surface area (Å²) < 4.78 is 0. The molecule has 1 aromatic rings.